The average molecular weight is 355 g/mol. The quantitative estimate of drug-likeness (QED) is 0.754. The standard InChI is InChI=1S/C18H17N3O3S/c1-24-16-5-4-11(7-15(16)22)13-8-17(23)20-18-14(13)9-19-21(18)10-12-3-2-6-25-12/h2-7,9,13,22H,8,10H2,1H3,(H,20,23)/t13-/m0/s1. The highest BCUT2D eigenvalue weighted by Gasteiger charge is 2.30. The van der Waals surface area contributed by atoms with Crippen LogP contribution in [0, 0.1) is 0 Å². The first-order valence-corrected chi connectivity index (χ1v) is 8.78. The molecule has 1 aliphatic rings. The van der Waals surface area contributed by atoms with Gasteiger partial charge in [-0.3, -0.25) is 4.79 Å². The first kappa shape index (κ1) is 15.7. The van der Waals surface area contributed by atoms with E-state index < -0.39 is 0 Å². The maximum absolute atomic E-state index is 12.2. The summed E-state index contributed by atoms with van der Waals surface area (Å²) in [4.78, 5) is 13.4. The number of phenols is 1. The van der Waals surface area contributed by atoms with Crippen LogP contribution in [0.4, 0.5) is 5.82 Å². The number of hydrogen-bond acceptors (Lipinski definition) is 5. The molecule has 2 aromatic heterocycles. The van der Waals surface area contributed by atoms with Crippen molar-refractivity contribution in [2.24, 2.45) is 0 Å². The monoisotopic (exact) mass is 355 g/mol. The minimum absolute atomic E-state index is 0.0549. The second-order valence-corrected chi connectivity index (χ2v) is 6.95. The van der Waals surface area contributed by atoms with E-state index in [1.54, 1.807) is 29.7 Å². The summed E-state index contributed by atoms with van der Waals surface area (Å²) in [6.07, 6.45) is 2.12. The lowest BCUT2D eigenvalue weighted by atomic mass is 9.87. The van der Waals surface area contributed by atoms with Gasteiger partial charge in [-0.15, -0.1) is 11.3 Å². The minimum Gasteiger partial charge on any atom is -0.504 e. The van der Waals surface area contributed by atoms with Gasteiger partial charge in [-0.05, 0) is 29.1 Å². The van der Waals surface area contributed by atoms with Crippen LogP contribution in [0.2, 0.25) is 0 Å². The highest BCUT2D eigenvalue weighted by molar-refractivity contribution is 7.09. The van der Waals surface area contributed by atoms with Gasteiger partial charge in [0.1, 0.15) is 5.82 Å². The summed E-state index contributed by atoms with van der Waals surface area (Å²) in [6.45, 7) is 0.619. The van der Waals surface area contributed by atoms with Gasteiger partial charge >= 0.3 is 0 Å². The number of thiophene rings is 1. The van der Waals surface area contributed by atoms with Gasteiger partial charge in [0.15, 0.2) is 11.5 Å². The van der Waals surface area contributed by atoms with Crippen molar-refractivity contribution >= 4 is 23.1 Å². The molecule has 0 spiro atoms. The smallest absolute Gasteiger partial charge is 0.226 e. The van der Waals surface area contributed by atoms with Crippen LogP contribution < -0.4 is 10.1 Å². The predicted octanol–water partition coefficient (Wildman–Crippen LogP) is 3.18. The molecule has 0 saturated heterocycles. The molecular formula is C18H17N3O3S. The molecular weight excluding hydrogens is 338 g/mol. The third kappa shape index (κ3) is 2.87. The second kappa shape index (κ2) is 6.25. The summed E-state index contributed by atoms with van der Waals surface area (Å²) in [7, 11) is 1.51. The number of methoxy groups -OCH3 is 1. The van der Waals surface area contributed by atoms with Gasteiger partial charge in [0.2, 0.25) is 5.91 Å². The SMILES string of the molecule is COc1ccc([C@@H]2CC(=O)Nc3c2cnn3Cc2cccs2)cc1O. The molecule has 1 atom stereocenters. The van der Waals surface area contributed by atoms with Crippen molar-refractivity contribution in [3.05, 3.63) is 57.9 Å². The van der Waals surface area contributed by atoms with E-state index in [1.807, 2.05) is 28.3 Å². The highest BCUT2D eigenvalue weighted by atomic mass is 32.1. The number of carbonyl (C=O) groups excluding carboxylic acids is 1. The van der Waals surface area contributed by atoms with E-state index in [4.69, 9.17) is 4.74 Å². The molecule has 6 nitrogen and oxygen atoms in total. The van der Waals surface area contributed by atoms with Crippen molar-refractivity contribution in [2.75, 3.05) is 12.4 Å². The van der Waals surface area contributed by atoms with Crippen LogP contribution in [0.5, 0.6) is 11.5 Å². The van der Waals surface area contributed by atoms with Crippen LogP contribution in [0.15, 0.2) is 41.9 Å². The second-order valence-electron chi connectivity index (χ2n) is 5.92. The van der Waals surface area contributed by atoms with Crippen LogP contribution in [0.25, 0.3) is 0 Å². The molecule has 0 saturated carbocycles. The number of amides is 1. The zero-order valence-electron chi connectivity index (χ0n) is 13.6. The number of phenolic OH excluding ortho intramolecular Hbond substituents is 1. The predicted molar refractivity (Wildman–Crippen MR) is 95.4 cm³/mol. The first-order chi connectivity index (χ1) is 12.2. The first-order valence-electron chi connectivity index (χ1n) is 7.90. The molecule has 7 heteroatoms. The van der Waals surface area contributed by atoms with E-state index in [0.717, 1.165) is 16.9 Å². The Kier molecular flexibility index (Phi) is 3.93. The molecule has 0 aliphatic carbocycles. The Balaban J connectivity index is 1.71. The van der Waals surface area contributed by atoms with Crippen molar-refractivity contribution in [1.29, 1.82) is 0 Å². The molecule has 1 amide bonds. The summed E-state index contributed by atoms with van der Waals surface area (Å²) >= 11 is 1.66. The Morgan fingerprint density at radius 1 is 1.44 bits per heavy atom. The maximum atomic E-state index is 12.2. The van der Waals surface area contributed by atoms with E-state index in [2.05, 4.69) is 10.4 Å². The van der Waals surface area contributed by atoms with Crippen molar-refractivity contribution < 1.29 is 14.6 Å². The van der Waals surface area contributed by atoms with Crippen molar-refractivity contribution in [2.45, 2.75) is 18.9 Å². The fraction of sp³-hybridized carbons (Fsp3) is 0.222. The third-order valence-electron chi connectivity index (χ3n) is 4.38. The number of nitrogens with zero attached hydrogens (tertiary/aromatic N) is 2. The molecule has 2 N–H and O–H groups in total. The number of anilines is 1. The van der Waals surface area contributed by atoms with E-state index in [-0.39, 0.29) is 17.6 Å². The minimum atomic E-state index is -0.141. The summed E-state index contributed by atoms with van der Waals surface area (Å²) in [5.41, 5.74) is 1.82. The van der Waals surface area contributed by atoms with Gasteiger partial charge in [-0.1, -0.05) is 12.1 Å². The molecule has 0 bridgehead atoms. The van der Waals surface area contributed by atoms with Gasteiger partial charge in [0.05, 0.1) is 19.9 Å². The molecule has 0 unspecified atom stereocenters. The molecule has 4 rings (SSSR count). The van der Waals surface area contributed by atoms with E-state index >= 15 is 0 Å². The number of ether oxygens (including phenoxy) is 1. The topological polar surface area (TPSA) is 76.4 Å². The van der Waals surface area contributed by atoms with Gasteiger partial charge < -0.3 is 15.2 Å². The molecule has 0 fully saturated rings. The number of carbonyl (C=O) groups is 1. The van der Waals surface area contributed by atoms with Crippen LogP contribution in [0.1, 0.15) is 28.3 Å². The lowest BCUT2D eigenvalue weighted by molar-refractivity contribution is -0.116. The fourth-order valence-corrected chi connectivity index (χ4v) is 3.85. The fourth-order valence-electron chi connectivity index (χ4n) is 3.16. The number of rotatable bonds is 4. The van der Waals surface area contributed by atoms with E-state index in [9.17, 15) is 9.90 Å². The maximum Gasteiger partial charge on any atom is 0.226 e. The molecule has 3 heterocycles. The van der Waals surface area contributed by atoms with E-state index in [0.29, 0.717) is 18.7 Å². The van der Waals surface area contributed by atoms with Gasteiger partial charge in [0, 0.05) is 22.8 Å². The van der Waals surface area contributed by atoms with Crippen LogP contribution in [0.3, 0.4) is 0 Å². The lowest BCUT2D eigenvalue weighted by Crippen LogP contribution is -2.25. The largest absolute Gasteiger partial charge is 0.504 e. The number of fused-ring (bicyclic) bond motifs is 1. The van der Waals surface area contributed by atoms with E-state index in [1.165, 1.54) is 12.0 Å². The molecule has 1 aliphatic heterocycles. The van der Waals surface area contributed by atoms with Crippen LogP contribution >= 0.6 is 11.3 Å². The van der Waals surface area contributed by atoms with Crippen molar-refractivity contribution in [1.82, 2.24) is 9.78 Å². The summed E-state index contributed by atoms with van der Waals surface area (Å²) in [6, 6.07) is 9.29. The Bertz CT molecular complexity index is 918. The molecule has 0 radical (unpaired) electrons. The molecule has 25 heavy (non-hydrogen) atoms. The average Bonchev–Trinajstić information content (AvgIpc) is 3.25. The van der Waals surface area contributed by atoms with Gasteiger partial charge in [-0.25, -0.2) is 4.68 Å². The van der Waals surface area contributed by atoms with Gasteiger partial charge in [0.25, 0.3) is 0 Å². The normalized spacial score (nSPS) is 16.4. The third-order valence-corrected chi connectivity index (χ3v) is 5.24. The number of benzene rings is 1. The van der Waals surface area contributed by atoms with Crippen LogP contribution in [-0.2, 0) is 11.3 Å². The number of aromatic nitrogens is 2. The van der Waals surface area contributed by atoms with Crippen molar-refractivity contribution in [3.8, 4) is 11.5 Å². The Labute approximate surface area is 148 Å². The number of nitrogens with one attached hydrogen (secondary N) is 1. The Morgan fingerprint density at radius 3 is 3.04 bits per heavy atom. The Morgan fingerprint density at radius 2 is 2.32 bits per heavy atom. The molecule has 3 aromatic rings. The van der Waals surface area contributed by atoms with Crippen LogP contribution in [-0.4, -0.2) is 27.9 Å². The van der Waals surface area contributed by atoms with Crippen molar-refractivity contribution in [3.63, 3.8) is 0 Å². The Hall–Kier alpha value is -2.80. The number of hydrogen-bond donors (Lipinski definition) is 2. The van der Waals surface area contributed by atoms with Gasteiger partial charge in [-0.2, -0.15) is 5.10 Å². The molecule has 128 valence electrons. The highest BCUT2D eigenvalue weighted by Crippen LogP contribution is 2.39. The zero-order valence-corrected chi connectivity index (χ0v) is 14.4. The summed E-state index contributed by atoms with van der Waals surface area (Å²) < 4.78 is 6.91. The molecule has 1 aromatic carbocycles. The zero-order chi connectivity index (χ0) is 17.4. The summed E-state index contributed by atoms with van der Waals surface area (Å²) in [5.74, 6) is 1.01. The summed E-state index contributed by atoms with van der Waals surface area (Å²) in [5, 5.41) is 19.5. The lowest BCUT2D eigenvalue weighted by Gasteiger charge is -2.24. The number of aromatic hydroxyl groups is 1.